The zero-order valence-electron chi connectivity index (χ0n) is 12.3. The average molecular weight is 354 g/mol. The van der Waals surface area contributed by atoms with E-state index in [1.165, 1.54) is 12.1 Å². The second-order valence-electron chi connectivity index (χ2n) is 5.67. The number of carbonyl (C=O) groups is 1. The van der Waals surface area contributed by atoms with Crippen LogP contribution in [0.25, 0.3) is 0 Å². The number of halogens is 1. The minimum Gasteiger partial charge on any atom is -0.455 e. The number of rotatable bonds is 6. The Kier molecular flexibility index (Phi) is 4.46. The van der Waals surface area contributed by atoms with E-state index in [0.29, 0.717) is 10.6 Å². The third-order valence-electron chi connectivity index (χ3n) is 3.46. The lowest BCUT2D eigenvalue weighted by Gasteiger charge is -2.03. The molecule has 0 unspecified atom stereocenters. The van der Waals surface area contributed by atoms with Gasteiger partial charge >= 0.3 is 0 Å². The number of hydrogen-bond acceptors (Lipinski definition) is 4. The molecule has 2 aromatic rings. The van der Waals surface area contributed by atoms with Gasteiger partial charge < -0.3 is 9.73 Å². The molecule has 1 saturated carbocycles. The van der Waals surface area contributed by atoms with Crippen molar-refractivity contribution in [2.24, 2.45) is 0 Å². The molecule has 1 aromatic carbocycles. The molecule has 3 rings (SSSR count). The van der Waals surface area contributed by atoms with Crippen molar-refractivity contribution in [1.29, 1.82) is 0 Å². The molecule has 1 fully saturated rings. The Bertz CT molecular complexity index is 807. The van der Waals surface area contributed by atoms with Gasteiger partial charge in [0.05, 0.1) is 5.75 Å². The standard InChI is InChI=1S/C16H16ClNO4S/c17-12-3-1-11(2-4-12)9-23(20,21)10-14-7-8-15(22-14)16(19)18-13-5-6-13/h1-4,7-8,13H,5-6,9-10H2,(H,18,19). The van der Waals surface area contributed by atoms with Crippen molar-refractivity contribution in [3.05, 3.63) is 58.5 Å². The van der Waals surface area contributed by atoms with Gasteiger partial charge in [0.15, 0.2) is 15.6 Å². The van der Waals surface area contributed by atoms with Crippen LogP contribution in [-0.4, -0.2) is 20.4 Å². The fourth-order valence-electron chi connectivity index (χ4n) is 2.16. The van der Waals surface area contributed by atoms with Gasteiger partial charge in [0.1, 0.15) is 11.5 Å². The fourth-order valence-corrected chi connectivity index (χ4v) is 3.68. The first kappa shape index (κ1) is 16.1. The number of carbonyl (C=O) groups excluding carboxylic acids is 1. The first-order valence-electron chi connectivity index (χ1n) is 7.26. The summed E-state index contributed by atoms with van der Waals surface area (Å²) in [4.78, 5) is 11.8. The van der Waals surface area contributed by atoms with Crippen molar-refractivity contribution >= 4 is 27.3 Å². The zero-order valence-corrected chi connectivity index (χ0v) is 13.9. The van der Waals surface area contributed by atoms with Gasteiger partial charge in [0.2, 0.25) is 0 Å². The van der Waals surface area contributed by atoms with Crippen LogP contribution in [0, 0.1) is 0 Å². The first-order chi connectivity index (χ1) is 10.9. The Morgan fingerprint density at radius 1 is 1.13 bits per heavy atom. The first-order valence-corrected chi connectivity index (χ1v) is 9.46. The number of amides is 1. The third-order valence-corrected chi connectivity index (χ3v) is 5.21. The molecule has 5 nitrogen and oxygen atoms in total. The Balaban J connectivity index is 1.64. The molecule has 1 amide bonds. The molecule has 0 spiro atoms. The van der Waals surface area contributed by atoms with Crippen molar-refractivity contribution in [1.82, 2.24) is 5.32 Å². The van der Waals surface area contributed by atoms with Gasteiger partial charge in [-0.05, 0) is 42.7 Å². The van der Waals surface area contributed by atoms with E-state index in [1.54, 1.807) is 24.3 Å². The summed E-state index contributed by atoms with van der Waals surface area (Å²) < 4.78 is 29.8. The van der Waals surface area contributed by atoms with Crippen molar-refractivity contribution < 1.29 is 17.6 Å². The Morgan fingerprint density at radius 2 is 1.83 bits per heavy atom. The van der Waals surface area contributed by atoms with Crippen LogP contribution in [0.2, 0.25) is 5.02 Å². The molecule has 0 radical (unpaired) electrons. The molecule has 0 aliphatic heterocycles. The molecule has 0 bridgehead atoms. The second-order valence-corrected chi connectivity index (χ2v) is 8.17. The zero-order chi connectivity index (χ0) is 16.4. The lowest BCUT2D eigenvalue weighted by atomic mass is 10.2. The summed E-state index contributed by atoms with van der Waals surface area (Å²) in [5.41, 5.74) is 0.660. The summed E-state index contributed by atoms with van der Waals surface area (Å²) in [5, 5.41) is 3.36. The maximum absolute atomic E-state index is 12.2. The molecule has 7 heteroatoms. The predicted octanol–water partition coefficient (Wildman–Crippen LogP) is 2.94. The minimum atomic E-state index is -3.39. The van der Waals surface area contributed by atoms with Crippen molar-refractivity contribution in [3.63, 3.8) is 0 Å². The van der Waals surface area contributed by atoms with E-state index in [0.717, 1.165) is 12.8 Å². The van der Waals surface area contributed by atoms with E-state index < -0.39 is 9.84 Å². The molecule has 1 heterocycles. The summed E-state index contributed by atoms with van der Waals surface area (Å²) in [6.45, 7) is 0. The smallest absolute Gasteiger partial charge is 0.287 e. The van der Waals surface area contributed by atoms with Crippen LogP contribution >= 0.6 is 11.6 Å². The van der Waals surface area contributed by atoms with Crippen LogP contribution in [0.5, 0.6) is 0 Å². The second kappa shape index (κ2) is 6.37. The van der Waals surface area contributed by atoms with Gasteiger partial charge in [-0.3, -0.25) is 4.79 Å². The van der Waals surface area contributed by atoms with Crippen LogP contribution in [0.3, 0.4) is 0 Å². The number of benzene rings is 1. The van der Waals surface area contributed by atoms with Crippen LogP contribution in [0.1, 0.15) is 34.7 Å². The summed E-state index contributed by atoms with van der Waals surface area (Å²) in [6, 6.07) is 9.92. The van der Waals surface area contributed by atoms with Crippen molar-refractivity contribution in [3.8, 4) is 0 Å². The number of furan rings is 1. The lowest BCUT2D eigenvalue weighted by Crippen LogP contribution is -2.24. The molecule has 23 heavy (non-hydrogen) atoms. The summed E-state index contributed by atoms with van der Waals surface area (Å²) in [5.74, 6) is -0.233. The molecule has 1 aromatic heterocycles. The average Bonchev–Trinajstić information content (AvgIpc) is 3.17. The minimum absolute atomic E-state index is 0.103. The van der Waals surface area contributed by atoms with Crippen LogP contribution in [-0.2, 0) is 21.3 Å². The highest BCUT2D eigenvalue weighted by Gasteiger charge is 2.25. The van der Waals surface area contributed by atoms with E-state index in [4.69, 9.17) is 16.0 Å². The normalized spacial score (nSPS) is 14.7. The lowest BCUT2D eigenvalue weighted by molar-refractivity contribution is 0.0922. The maximum Gasteiger partial charge on any atom is 0.287 e. The van der Waals surface area contributed by atoms with E-state index in [2.05, 4.69) is 5.32 Å². The van der Waals surface area contributed by atoms with Gasteiger partial charge in [-0.2, -0.15) is 0 Å². The van der Waals surface area contributed by atoms with Crippen molar-refractivity contribution in [2.45, 2.75) is 30.4 Å². The fraction of sp³-hybridized carbons (Fsp3) is 0.312. The Hall–Kier alpha value is -1.79. The molecular formula is C16H16ClNO4S. The predicted molar refractivity (Wildman–Crippen MR) is 87.0 cm³/mol. The van der Waals surface area contributed by atoms with E-state index in [-0.39, 0.29) is 35.0 Å². The summed E-state index contributed by atoms with van der Waals surface area (Å²) >= 11 is 5.78. The number of nitrogens with one attached hydrogen (secondary N) is 1. The van der Waals surface area contributed by atoms with E-state index >= 15 is 0 Å². The van der Waals surface area contributed by atoms with Gasteiger partial charge in [-0.25, -0.2) is 8.42 Å². The quantitative estimate of drug-likeness (QED) is 0.866. The van der Waals surface area contributed by atoms with Gasteiger partial charge in [0, 0.05) is 11.1 Å². The van der Waals surface area contributed by atoms with E-state index in [1.807, 2.05) is 0 Å². The Labute approximate surface area is 139 Å². The van der Waals surface area contributed by atoms with Gasteiger partial charge in [-0.1, -0.05) is 23.7 Å². The molecule has 1 aliphatic rings. The monoisotopic (exact) mass is 353 g/mol. The molecule has 1 aliphatic carbocycles. The van der Waals surface area contributed by atoms with Crippen molar-refractivity contribution in [2.75, 3.05) is 0 Å². The summed E-state index contributed by atoms with van der Waals surface area (Å²) in [7, 11) is -3.39. The highest BCUT2D eigenvalue weighted by atomic mass is 35.5. The largest absolute Gasteiger partial charge is 0.455 e. The highest BCUT2D eigenvalue weighted by Crippen LogP contribution is 2.21. The molecule has 1 N–H and O–H groups in total. The highest BCUT2D eigenvalue weighted by molar-refractivity contribution is 7.89. The van der Waals surface area contributed by atoms with E-state index in [9.17, 15) is 13.2 Å². The van der Waals surface area contributed by atoms with Gasteiger partial charge in [0.25, 0.3) is 5.91 Å². The third kappa shape index (κ3) is 4.59. The molecule has 122 valence electrons. The number of hydrogen-bond donors (Lipinski definition) is 1. The Morgan fingerprint density at radius 3 is 2.48 bits per heavy atom. The molecule has 0 atom stereocenters. The maximum atomic E-state index is 12.2. The SMILES string of the molecule is O=C(NC1CC1)c1ccc(CS(=O)(=O)Cc2ccc(Cl)cc2)o1. The summed E-state index contributed by atoms with van der Waals surface area (Å²) in [6.07, 6.45) is 1.96. The van der Waals surface area contributed by atoms with Gasteiger partial charge in [-0.15, -0.1) is 0 Å². The number of sulfone groups is 1. The topological polar surface area (TPSA) is 76.4 Å². The van der Waals surface area contributed by atoms with Crippen LogP contribution < -0.4 is 5.32 Å². The van der Waals surface area contributed by atoms with Crippen LogP contribution in [0.4, 0.5) is 0 Å². The molecular weight excluding hydrogens is 338 g/mol. The molecule has 0 saturated heterocycles. The van der Waals surface area contributed by atoms with Crippen LogP contribution in [0.15, 0.2) is 40.8 Å².